The molecule has 4 aromatic rings. The molecule has 192 valence electrons. The Morgan fingerprint density at radius 1 is 0.459 bits per heavy atom. The number of rotatable bonds is 12. The minimum atomic E-state index is -0.0294. The number of hydrogen-bond donors (Lipinski definition) is 2. The quantitative estimate of drug-likeness (QED) is 0.201. The molecule has 2 unspecified atom stereocenters. The third kappa shape index (κ3) is 7.67. The van der Waals surface area contributed by atoms with Crippen LogP contribution in [0.2, 0.25) is 0 Å². The van der Waals surface area contributed by atoms with Gasteiger partial charge in [-0.15, -0.1) is 0 Å². The van der Waals surface area contributed by atoms with Crippen LogP contribution >= 0.6 is 0 Å². The maximum absolute atomic E-state index is 9.45. The fraction of sp³-hybridized carbons (Fsp3) is 0.250. The molecule has 0 spiro atoms. The molecule has 4 rings (SSSR count). The first-order valence-electron chi connectivity index (χ1n) is 12.6. The van der Waals surface area contributed by atoms with Gasteiger partial charge in [-0.25, -0.2) is 0 Å². The molecule has 5 nitrogen and oxygen atoms in total. The third-order valence-electron chi connectivity index (χ3n) is 6.35. The van der Waals surface area contributed by atoms with Crippen LogP contribution in [0.25, 0.3) is 22.3 Å². The van der Waals surface area contributed by atoms with E-state index >= 15 is 0 Å². The van der Waals surface area contributed by atoms with Crippen LogP contribution in [0.15, 0.2) is 97.1 Å². The largest absolute Gasteiger partial charge is 0.508 e. The first kappa shape index (κ1) is 26.4. The summed E-state index contributed by atoms with van der Waals surface area (Å²) in [5.41, 5.74) is 6.54. The summed E-state index contributed by atoms with van der Waals surface area (Å²) in [6.45, 7) is 6.11. The van der Waals surface area contributed by atoms with Crippen molar-refractivity contribution in [2.24, 2.45) is 0 Å². The predicted octanol–water partition coefficient (Wildman–Crippen LogP) is 7.30. The van der Waals surface area contributed by atoms with Gasteiger partial charge in [0.2, 0.25) is 0 Å². The smallest absolute Gasteiger partial charge is 0.115 e. The zero-order chi connectivity index (χ0) is 26.0. The molecular formula is C32H34O5. The summed E-state index contributed by atoms with van der Waals surface area (Å²) < 4.78 is 17.5. The van der Waals surface area contributed by atoms with E-state index in [0.717, 1.165) is 33.4 Å². The molecular weight excluding hydrogens is 464 g/mol. The second-order valence-corrected chi connectivity index (χ2v) is 8.98. The molecule has 0 aliphatic rings. The van der Waals surface area contributed by atoms with E-state index in [0.29, 0.717) is 26.4 Å². The Kier molecular flexibility index (Phi) is 9.33. The fourth-order valence-electron chi connectivity index (χ4n) is 4.06. The number of phenols is 2. The molecule has 4 aromatic carbocycles. The lowest BCUT2D eigenvalue weighted by atomic mass is 10.0. The Balaban J connectivity index is 1.11. The first-order chi connectivity index (χ1) is 18.0. The molecule has 0 aliphatic carbocycles. The molecule has 5 heteroatoms. The van der Waals surface area contributed by atoms with Crippen molar-refractivity contribution in [1.29, 1.82) is 0 Å². The van der Waals surface area contributed by atoms with E-state index in [1.165, 1.54) is 0 Å². The van der Waals surface area contributed by atoms with Crippen LogP contribution in [0.5, 0.6) is 11.5 Å². The van der Waals surface area contributed by atoms with Crippen LogP contribution in [0, 0.1) is 0 Å². The Morgan fingerprint density at radius 2 is 0.757 bits per heavy atom. The summed E-state index contributed by atoms with van der Waals surface area (Å²) in [5, 5.41) is 18.9. The zero-order valence-electron chi connectivity index (χ0n) is 21.3. The second kappa shape index (κ2) is 13.1. The number of aromatic hydroxyl groups is 2. The molecule has 37 heavy (non-hydrogen) atoms. The molecule has 0 bridgehead atoms. The van der Waals surface area contributed by atoms with E-state index in [1.54, 1.807) is 24.3 Å². The van der Waals surface area contributed by atoms with Crippen molar-refractivity contribution < 1.29 is 24.4 Å². The molecule has 0 aliphatic heterocycles. The Morgan fingerprint density at radius 3 is 1.08 bits per heavy atom. The Labute approximate surface area is 218 Å². The van der Waals surface area contributed by atoms with Gasteiger partial charge in [0, 0.05) is 0 Å². The first-order valence-corrected chi connectivity index (χ1v) is 12.6. The molecule has 0 aromatic heterocycles. The van der Waals surface area contributed by atoms with Gasteiger partial charge in [-0.05, 0) is 71.5 Å². The van der Waals surface area contributed by atoms with Gasteiger partial charge in [0.25, 0.3) is 0 Å². The SMILES string of the molecule is CC(OCCOCCOC(C)c1ccc(-c2ccc(O)cc2)cc1)c1ccc(-c2ccc(O)cc2)cc1. The van der Waals surface area contributed by atoms with Crippen molar-refractivity contribution in [2.45, 2.75) is 26.1 Å². The summed E-state index contributed by atoms with van der Waals surface area (Å²) in [4.78, 5) is 0. The van der Waals surface area contributed by atoms with Crippen LogP contribution in [-0.4, -0.2) is 36.6 Å². The molecule has 0 radical (unpaired) electrons. The number of benzene rings is 4. The Hall–Kier alpha value is -3.64. The number of phenolic OH excluding ortho intramolecular Hbond substituents is 2. The fourth-order valence-corrected chi connectivity index (χ4v) is 4.06. The van der Waals surface area contributed by atoms with Crippen molar-refractivity contribution in [3.05, 3.63) is 108 Å². The zero-order valence-corrected chi connectivity index (χ0v) is 21.3. The van der Waals surface area contributed by atoms with Crippen LogP contribution in [0.4, 0.5) is 0 Å². The highest BCUT2D eigenvalue weighted by Crippen LogP contribution is 2.26. The van der Waals surface area contributed by atoms with Gasteiger partial charge in [-0.2, -0.15) is 0 Å². The van der Waals surface area contributed by atoms with Crippen LogP contribution in [-0.2, 0) is 14.2 Å². The van der Waals surface area contributed by atoms with E-state index in [-0.39, 0.29) is 23.7 Å². The standard InChI is InChI=1S/C32H34O5/c1-23(25-3-7-27(8-4-25)29-11-15-31(33)16-12-29)36-21-19-35-20-22-37-24(2)26-5-9-28(10-6-26)30-13-17-32(34)18-14-30/h3-18,23-24,33-34H,19-22H2,1-2H3. The lowest BCUT2D eigenvalue weighted by molar-refractivity contribution is -0.0201. The molecule has 2 atom stereocenters. The van der Waals surface area contributed by atoms with Crippen molar-refractivity contribution in [1.82, 2.24) is 0 Å². The third-order valence-corrected chi connectivity index (χ3v) is 6.35. The van der Waals surface area contributed by atoms with E-state index < -0.39 is 0 Å². The highest BCUT2D eigenvalue weighted by atomic mass is 16.5. The molecule has 0 fully saturated rings. The van der Waals surface area contributed by atoms with Gasteiger partial charge in [-0.3, -0.25) is 0 Å². The van der Waals surface area contributed by atoms with Gasteiger partial charge in [0.1, 0.15) is 11.5 Å². The molecule has 0 heterocycles. The maximum atomic E-state index is 9.45. The van der Waals surface area contributed by atoms with Crippen molar-refractivity contribution in [3.8, 4) is 33.8 Å². The van der Waals surface area contributed by atoms with E-state index in [9.17, 15) is 10.2 Å². The van der Waals surface area contributed by atoms with Crippen molar-refractivity contribution in [2.75, 3.05) is 26.4 Å². The topological polar surface area (TPSA) is 68.2 Å². The molecule has 0 saturated carbocycles. The summed E-state index contributed by atoms with van der Waals surface area (Å²) in [6.07, 6.45) is -0.0587. The lowest BCUT2D eigenvalue weighted by Crippen LogP contribution is -2.12. The lowest BCUT2D eigenvalue weighted by Gasteiger charge is -2.16. The van der Waals surface area contributed by atoms with Gasteiger partial charge >= 0.3 is 0 Å². The van der Waals surface area contributed by atoms with Crippen molar-refractivity contribution in [3.63, 3.8) is 0 Å². The summed E-state index contributed by atoms with van der Waals surface area (Å²) in [5.74, 6) is 0.534. The molecule has 0 amide bonds. The molecule has 0 saturated heterocycles. The maximum Gasteiger partial charge on any atom is 0.115 e. The molecule has 2 N–H and O–H groups in total. The van der Waals surface area contributed by atoms with E-state index in [1.807, 2.05) is 38.1 Å². The second-order valence-electron chi connectivity index (χ2n) is 8.98. The number of ether oxygens (including phenoxy) is 3. The average Bonchev–Trinajstić information content (AvgIpc) is 2.93. The highest BCUT2D eigenvalue weighted by Gasteiger charge is 2.08. The van der Waals surface area contributed by atoms with Gasteiger partial charge in [0.05, 0.1) is 38.6 Å². The van der Waals surface area contributed by atoms with Gasteiger partial charge in [0.15, 0.2) is 0 Å². The minimum absolute atomic E-state index is 0.0294. The summed E-state index contributed by atoms with van der Waals surface area (Å²) in [6, 6.07) is 30.9. The number of hydrogen-bond acceptors (Lipinski definition) is 5. The van der Waals surface area contributed by atoms with E-state index in [2.05, 4.69) is 48.5 Å². The monoisotopic (exact) mass is 498 g/mol. The van der Waals surface area contributed by atoms with Gasteiger partial charge in [-0.1, -0.05) is 72.8 Å². The highest BCUT2D eigenvalue weighted by molar-refractivity contribution is 5.65. The van der Waals surface area contributed by atoms with E-state index in [4.69, 9.17) is 14.2 Å². The summed E-state index contributed by atoms with van der Waals surface area (Å²) >= 11 is 0. The van der Waals surface area contributed by atoms with Crippen LogP contribution in [0.1, 0.15) is 37.2 Å². The Bertz CT molecular complexity index is 1120. The minimum Gasteiger partial charge on any atom is -0.508 e. The predicted molar refractivity (Wildman–Crippen MR) is 147 cm³/mol. The van der Waals surface area contributed by atoms with Crippen molar-refractivity contribution >= 4 is 0 Å². The van der Waals surface area contributed by atoms with Gasteiger partial charge < -0.3 is 24.4 Å². The van der Waals surface area contributed by atoms with Crippen LogP contribution < -0.4 is 0 Å². The average molecular weight is 499 g/mol. The van der Waals surface area contributed by atoms with Crippen LogP contribution in [0.3, 0.4) is 0 Å². The normalized spacial score (nSPS) is 12.8. The summed E-state index contributed by atoms with van der Waals surface area (Å²) in [7, 11) is 0.